The molecule has 1 unspecified atom stereocenters. The molecule has 3 nitrogen and oxygen atoms in total. The monoisotopic (exact) mass is 193 g/mol. The fourth-order valence-corrected chi connectivity index (χ4v) is 1.53. The highest BCUT2D eigenvalue weighted by atomic mass is 16.5. The van der Waals surface area contributed by atoms with Crippen LogP contribution in [0.2, 0.25) is 0 Å². The number of aliphatic hydroxyl groups excluding tert-OH is 1. The number of nitrogens with zero attached hydrogens (tertiary/aromatic N) is 1. The van der Waals surface area contributed by atoms with Crippen molar-refractivity contribution in [3.8, 4) is 5.75 Å². The maximum atomic E-state index is 9.86. The first kappa shape index (κ1) is 9.46. The third-order valence-corrected chi connectivity index (χ3v) is 2.46. The van der Waals surface area contributed by atoms with E-state index < -0.39 is 0 Å². The second kappa shape index (κ2) is 3.96. The Morgan fingerprint density at radius 3 is 3.00 bits per heavy atom. The van der Waals surface area contributed by atoms with E-state index in [1.807, 2.05) is 13.0 Å². The van der Waals surface area contributed by atoms with Crippen LogP contribution in [-0.2, 0) is 0 Å². The Bertz CT molecular complexity index is 310. The average Bonchev–Trinajstić information content (AvgIpc) is 3.01. The minimum Gasteiger partial charge on any atom is -0.492 e. The van der Waals surface area contributed by atoms with Gasteiger partial charge in [0.2, 0.25) is 0 Å². The van der Waals surface area contributed by atoms with Crippen molar-refractivity contribution in [2.45, 2.75) is 25.9 Å². The minimum absolute atomic E-state index is 0.358. The number of aromatic nitrogens is 1. The predicted octanol–water partition coefficient (Wildman–Crippen LogP) is 1.92. The van der Waals surface area contributed by atoms with Crippen LogP contribution in [-0.4, -0.2) is 16.7 Å². The van der Waals surface area contributed by atoms with Gasteiger partial charge in [-0.2, -0.15) is 0 Å². The van der Waals surface area contributed by atoms with Gasteiger partial charge in [-0.05, 0) is 31.7 Å². The first-order valence-corrected chi connectivity index (χ1v) is 5.07. The van der Waals surface area contributed by atoms with Crippen LogP contribution in [0.1, 0.15) is 31.4 Å². The molecule has 0 aliphatic heterocycles. The summed E-state index contributed by atoms with van der Waals surface area (Å²) >= 11 is 0. The number of hydrogen-bond donors (Lipinski definition) is 1. The fourth-order valence-electron chi connectivity index (χ4n) is 1.53. The highest BCUT2D eigenvalue weighted by Crippen LogP contribution is 2.41. The Morgan fingerprint density at radius 2 is 2.36 bits per heavy atom. The molecule has 0 aromatic carbocycles. The summed E-state index contributed by atoms with van der Waals surface area (Å²) in [5, 5.41) is 9.86. The summed E-state index contributed by atoms with van der Waals surface area (Å²) in [6.07, 6.45) is 5.28. The first-order chi connectivity index (χ1) is 6.81. The number of rotatable bonds is 4. The Kier molecular flexibility index (Phi) is 2.68. The van der Waals surface area contributed by atoms with Crippen molar-refractivity contribution in [1.82, 2.24) is 4.98 Å². The lowest BCUT2D eigenvalue weighted by atomic mass is 10.1. The fraction of sp³-hybridized carbons (Fsp3) is 0.545. The van der Waals surface area contributed by atoms with Gasteiger partial charge in [-0.1, -0.05) is 0 Å². The van der Waals surface area contributed by atoms with Gasteiger partial charge in [0.05, 0.1) is 18.9 Å². The van der Waals surface area contributed by atoms with E-state index in [-0.39, 0.29) is 6.10 Å². The maximum absolute atomic E-state index is 9.86. The van der Waals surface area contributed by atoms with Gasteiger partial charge < -0.3 is 9.84 Å². The Hall–Kier alpha value is -1.09. The van der Waals surface area contributed by atoms with E-state index in [1.165, 1.54) is 0 Å². The molecule has 0 saturated heterocycles. The molecule has 3 heteroatoms. The van der Waals surface area contributed by atoms with Crippen LogP contribution >= 0.6 is 0 Å². The van der Waals surface area contributed by atoms with E-state index in [0.29, 0.717) is 12.5 Å². The summed E-state index contributed by atoms with van der Waals surface area (Å²) in [7, 11) is 0. The maximum Gasteiger partial charge on any atom is 0.137 e. The molecular formula is C11H15NO2. The van der Waals surface area contributed by atoms with Crippen molar-refractivity contribution in [3.63, 3.8) is 0 Å². The first-order valence-electron chi connectivity index (χ1n) is 5.07. The zero-order valence-electron chi connectivity index (χ0n) is 8.31. The molecule has 1 aliphatic rings. The molecule has 0 amide bonds. The third-order valence-electron chi connectivity index (χ3n) is 2.46. The molecular weight excluding hydrogens is 178 g/mol. The molecule has 1 saturated carbocycles. The smallest absolute Gasteiger partial charge is 0.137 e. The van der Waals surface area contributed by atoms with Gasteiger partial charge in [-0.25, -0.2) is 0 Å². The van der Waals surface area contributed by atoms with Crippen molar-refractivity contribution in [2.75, 3.05) is 6.61 Å². The normalized spacial score (nSPS) is 17.9. The number of aliphatic hydroxyl groups is 1. The summed E-state index contributed by atoms with van der Waals surface area (Å²) in [5.74, 6) is 1.18. The lowest BCUT2D eigenvalue weighted by molar-refractivity contribution is 0.153. The van der Waals surface area contributed by atoms with E-state index in [9.17, 15) is 5.11 Å². The van der Waals surface area contributed by atoms with E-state index in [1.54, 1.807) is 12.4 Å². The molecule has 1 atom stereocenters. The summed E-state index contributed by atoms with van der Waals surface area (Å²) in [6.45, 7) is 2.56. The van der Waals surface area contributed by atoms with Gasteiger partial charge in [0.15, 0.2) is 0 Å². The van der Waals surface area contributed by atoms with Gasteiger partial charge in [0.25, 0.3) is 0 Å². The molecule has 1 N–H and O–H groups in total. The van der Waals surface area contributed by atoms with Crippen LogP contribution < -0.4 is 4.74 Å². The van der Waals surface area contributed by atoms with Gasteiger partial charge in [-0.3, -0.25) is 4.98 Å². The Morgan fingerprint density at radius 1 is 1.57 bits per heavy atom. The van der Waals surface area contributed by atoms with Crippen molar-refractivity contribution in [2.24, 2.45) is 5.92 Å². The quantitative estimate of drug-likeness (QED) is 0.794. The van der Waals surface area contributed by atoms with Crippen LogP contribution in [0.3, 0.4) is 0 Å². The summed E-state index contributed by atoms with van der Waals surface area (Å²) in [5.41, 5.74) is 0.874. The van der Waals surface area contributed by atoms with Crippen molar-refractivity contribution < 1.29 is 9.84 Å². The summed E-state index contributed by atoms with van der Waals surface area (Å²) in [6, 6.07) is 1.87. The van der Waals surface area contributed by atoms with Gasteiger partial charge in [0.1, 0.15) is 5.75 Å². The molecule has 0 radical (unpaired) electrons. The van der Waals surface area contributed by atoms with Crippen LogP contribution in [0.25, 0.3) is 0 Å². The number of ether oxygens (including phenoxy) is 1. The molecule has 1 fully saturated rings. The highest BCUT2D eigenvalue weighted by Gasteiger charge is 2.31. The third kappa shape index (κ3) is 2.04. The SMILES string of the molecule is CCOc1cncc(C(O)C2CC2)c1. The molecule has 1 aliphatic carbocycles. The van der Waals surface area contributed by atoms with Gasteiger partial charge in [0, 0.05) is 11.8 Å². The lowest BCUT2D eigenvalue weighted by Crippen LogP contribution is -2.01. The lowest BCUT2D eigenvalue weighted by Gasteiger charge is -2.10. The largest absolute Gasteiger partial charge is 0.492 e. The van der Waals surface area contributed by atoms with Crippen molar-refractivity contribution >= 4 is 0 Å². The zero-order chi connectivity index (χ0) is 9.97. The molecule has 1 heterocycles. The molecule has 0 bridgehead atoms. The molecule has 1 aromatic heterocycles. The van der Waals surface area contributed by atoms with Crippen molar-refractivity contribution in [3.05, 3.63) is 24.0 Å². The summed E-state index contributed by atoms with van der Waals surface area (Å²) < 4.78 is 5.32. The Labute approximate surface area is 83.7 Å². The predicted molar refractivity (Wildman–Crippen MR) is 53.1 cm³/mol. The average molecular weight is 193 g/mol. The number of pyridine rings is 1. The van der Waals surface area contributed by atoms with Crippen LogP contribution in [0.4, 0.5) is 0 Å². The van der Waals surface area contributed by atoms with Crippen molar-refractivity contribution in [1.29, 1.82) is 0 Å². The minimum atomic E-state index is -0.358. The van der Waals surface area contributed by atoms with Gasteiger partial charge >= 0.3 is 0 Å². The molecule has 0 spiro atoms. The van der Waals surface area contributed by atoms with Crippen LogP contribution in [0.5, 0.6) is 5.75 Å². The highest BCUT2D eigenvalue weighted by molar-refractivity contribution is 5.26. The van der Waals surface area contributed by atoms with Crippen LogP contribution in [0, 0.1) is 5.92 Å². The second-order valence-corrected chi connectivity index (χ2v) is 3.67. The van der Waals surface area contributed by atoms with E-state index in [0.717, 1.165) is 24.2 Å². The van der Waals surface area contributed by atoms with Crippen LogP contribution in [0.15, 0.2) is 18.5 Å². The molecule has 76 valence electrons. The molecule has 1 aromatic rings. The second-order valence-electron chi connectivity index (χ2n) is 3.67. The van der Waals surface area contributed by atoms with E-state index >= 15 is 0 Å². The number of hydrogen-bond acceptors (Lipinski definition) is 3. The zero-order valence-corrected chi connectivity index (χ0v) is 8.31. The van der Waals surface area contributed by atoms with E-state index in [2.05, 4.69) is 4.98 Å². The summed E-state index contributed by atoms with van der Waals surface area (Å²) in [4.78, 5) is 4.05. The Balaban J connectivity index is 2.12. The van der Waals surface area contributed by atoms with Gasteiger partial charge in [-0.15, -0.1) is 0 Å². The molecule has 14 heavy (non-hydrogen) atoms. The topological polar surface area (TPSA) is 42.4 Å². The van der Waals surface area contributed by atoms with E-state index in [4.69, 9.17) is 4.74 Å². The standard InChI is InChI=1S/C11H15NO2/c1-2-14-10-5-9(6-12-7-10)11(13)8-3-4-8/h5-8,11,13H,2-4H2,1H3. The molecule has 2 rings (SSSR count).